The third-order valence-electron chi connectivity index (χ3n) is 2.07. The second kappa shape index (κ2) is 5.41. The van der Waals surface area contributed by atoms with Gasteiger partial charge in [-0.2, -0.15) is 0 Å². The predicted molar refractivity (Wildman–Crippen MR) is 60.8 cm³/mol. The van der Waals surface area contributed by atoms with E-state index < -0.39 is 0 Å². The Balaban J connectivity index is 2.20. The molecule has 16 heavy (non-hydrogen) atoms. The van der Waals surface area contributed by atoms with Gasteiger partial charge >= 0.3 is 0 Å². The molecule has 0 aliphatic heterocycles. The molecular weight excluding hydrogens is 206 g/mol. The van der Waals surface area contributed by atoms with Crippen molar-refractivity contribution in [3.8, 4) is 0 Å². The van der Waals surface area contributed by atoms with Crippen molar-refractivity contribution in [1.29, 1.82) is 0 Å². The van der Waals surface area contributed by atoms with Gasteiger partial charge in [0.15, 0.2) is 0 Å². The maximum absolute atomic E-state index is 9.74. The molecule has 0 bridgehead atoms. The molecule has 92 valence electrons. The fourth-order valence-electron chi connectivity index (χ4n) is 1.53. The van der Waals surface area contributed by atoms with Crippen molar-refractivity contribution < 1.29 is 9.52 Å². The van der Waals surface area contributed by atoms with E-state index in [-0.39, 0.29) is 11.5 Å². The molecule has 0 amide bonds. The number of aliphatic hydroxyl groups excluding tert-OH is 1. The van der Waals surface area contributed by atoms with Crippen LogP contribution in [-0.4, -0.2) is 28.0 Å². The minimum absolute atomic E-state index is 0.141. The molecule has 2 N–H and O–H groups in total. The molecule has 0 aromatic carbocycles. The summed E-state index contributed by atoms with van der Waals surface area (Å²) in [5, 5.41) is 20.4. The van der Waals surface area contributed by atoms with Crippen molar-refractivity contribution in [2.75, 3.05) is 6.54 Å². The normalized spacial score (nSPS) is 14.1. The summed E-state index contributed by atoms with van der Waals surface area (Å²) >= 11 is 0. The van der Waals surface area contributed by atoms with E-state index in [1.54, 1.807) is 6.92 Å². The van der Waals surface area contributed by atoms with Gasteiger partial charge in [-0.1, -0.05) is 20.8 Å². The van der Waals surface area contributed by atoms with E-state index in [1.165, 1.54) is 0 Å². The highest BCUT2D eigenvalue weighted by Gasteiger charge is 2.16. The Bertz CT molecular complexity index is 317. The molecule has 1 heterocycles. The molecule has 0 saturated carbocycles. The first kappa shape index (κ1) is 13.1. The van der Waals surface area contributed by atoms with E-state index in [4.69, 9.17) is 4.42 Å². The molecule has 0 saturated heterocycles. The fraction of sp³-hybridized carbons (Fsp3) is 0.818. The van der Waals surface area contributed by atoms with Gasteiger partial charge in [0.1, 0.15) is 0 Å². The third kappa shape index (κ3) is 5.23. The maximum atomic E-state index is 9.74. The third-order valence-corrected chi connectivity index (χ3v) is 2.07. The summed E-state index contributed by atoms with van der Waals surface area (Å²) in [6, 6.07) is 0. The molecule has 1 rings (SSSR count). The van der Waals surface area contributed by atoms with Crippen LogP contribution in [0.25, 0.3) is 0 Å². The van der Waals surface area contributed by atoms with Crippen LogP contribution in [0.5, 0.6) is 0 Å². The van der Waals surface area contributed by atoms with Crippen molar-refractivity contribution >= 4 is 0 Å². The summed E-state index contributed by atoms with van der Waals surface area (Å²) in [6.07, 6.45) is 0.423. The van der Waals surface area contributed by atoms with Gasteiger partial charge in [-0.15, -0.1) is 10.2 Å². The number of aromatic nitrogens is 2. The van der Waals surface area contributed by atoms with Crippen LogP contribution in [0.4, 0.5) is 0 Å². The van der Waals surface area contributed by atoms with Gasteiger partial charge in [0, 0.05) is 13.5 Å². The van der Waals surface area contributed by atoms with Crippen molar-refractivity contribution in [3.63, 3.8) is 0 Å². The Morgan fingerprint density at radius 1 is 1.38 bits per heavy atom. The summed E-state index contributed by atoms with van der Waals surface area (Å²) in [7, 11) is 0. The number of hydrogen-bond acceptors (Lipinski definition) is 5. The molecule has 0 fully saturated rings. The average molecular weight is 227 g/mol. The van der Waals surface area contributed by atoms with E-state index in [1.807, 2.05) is 0 Å². The Morgan fingerprint density at radius 3 is 2.56 bits per heavy atom. The van der Waals surface area contributed by atoms with E-state index in [2.05, 4.69) is 36.3 Å². The lowest BCUT2D eigenvalue weighted by molar-refractivity contribution is 0.119. The number of rotatable bonds is 5. The van der Waals surface area contributed by atoms with Crippen molar-refractivity contribution in [1.82, 2.24) is 15.5 Å². The summed E-state index contributed by atoms with van der Waals surface area (Å²) < 4.78 is 5.20. The van der Waals surface area contributed by atoms with E-state index in [0.29, 0.717) is 24.9 Å². The Morgan fingerprint density at radius 2 is 2.06 bits per heavy atom. The zero-order valence-electron chi connectivity index (χ0n) is 10.4. The summed E-state index contributed by atoms with van der Waals surface area (Å²) in [5.41, 5.74) is 0.141. The topological polar surface area (TPSA) is 71.2 Å². The van der Waals surface area contributed by atoms with Gasteiger partial charge in [0.2, 0.25) is 11.8 Å². The van der Waals surface area contributed by atoms with Gasteiger partial charge < -0.3 is 14.8 Å². The minimum atomic E-state index is -0.344. The molecule has 1 unspecified atom stereocenters. The second-order valence-electron chi connectivity index (χ2n) is 5.26. The van der Waals surface area contributed by atoms with Gasteiger partial charge in [-0.25, -0.2) is 0 Å². The van der Waals surface area contributed by atoms with Gasteiger partial charge in [-0.05, 0) is 11.8 Å². The number of hydrogen-bond donors (Lipinski definition) is 2. The molecule has 5 nitrogen and oxygen atoms in total. The summed E-state index contributed by atoms with van der Waals surface area (Å²) in [5.74, 6) is 1.12. The molecule has 1 atom stereocenters. The molecule has 1 aromatic rings. The number of aliphatic hydroxyl groups is 1. The highest BCUT2D eigenvalue weighted by molar-refractivity contribution is 4.78. The van der Waals surface area contributed by atoms with Crippen LogP contribution in [0.2, 0.25) is 0 Å². The first-order chi connectivity index (χ1) is 7.37. The van der Waals surface area contributed by atoms with Crippen LogP contribution in [0, 0.1) is 12.3 Å². The first-order valence-electron chi connectivity index (χ1n) is 5.54. The largest absolute Gasteiger partial charge is 0.424 e. The standard InChI is InChI=1S/C11H21N3O2/c1-8-13-14-10(16-8)7-12-6-9(15)5-11(2,3)4/h9,12,15H,5-7H2,1-4H3. The zero-order valence-corrected chi connectivity index (χ0v) is 10.4. The van der Waals surface area contributed by atoms with Crippen LogP contribution in [0.3, 0.4) is 0 Å². The number of nitrogens with one attached hydrogen (secondary N) is 1. The minimum Gasteiger partial charge on any atom is -0.424 e. The quantitative estimate of drug-likeness (QED) is 0.792. The van der Waals surface area contributed by atoms with E-state index >= 15 is 0 Å². The Hall–Kier alpha value is -0.940. The van der Waals surface area contributed by atoms with Crippen molar-refractivity contribution in [2.45, 2.75) is 46.8 Å². The zero-order chi connectivity index (χ0) is 12.2. The number of nitrogens with zero attached hydrogens (tertiary/aromatic N) is 2. The first-order valence-corrected chi connectivity index (χ1v) is 5.54. The molecule has 0 aliphatic rings. The highest BCUT2D eigenvalue weighted by Crippen LogP contribution is 2.20. The van der Waals surface area contributed by atoms with Gasteiger partial charge in [-0.3, -0.25) is 0 Å². The van der Waals surface area contributed by atoms with Crippen LogP contribution in [0.15, 0.2) is 4.42 Å². The van der Waals surface area contributed by atoms with Crippen LogP contribution >= 0.6 is 0 Å². The van der Waals surface area contributed by atoms with E-state index in [0.717, 1.165) is 6.42 Å². The lowest BCUT2D eigenvalue weighted by Gasteiger charge is -2.22. The molecule has 0 aliphatic carbocycles. The average Bonchev–Trinajstić information content (AvgIpc) is 2.48. The summed E-state index contributed by atoms with van der Waals surface area (Å²) in [6.45, 7) is 9.12. The monoisotopic (exact) mass is 227 g/mol. The van der Waals surface area contributed by atoms with Gasteiger partial charge in [0.05, 0.1) is 12.6 Å². The SMILES string of the molecule is Cc1nnc(CNCC(O)CC(C)(C)C)o1. The fourth-order valence-corrected chi connectivity index (χ4v) is 1.53. The highest BCUT2D eigenvalue weighted by atomic mass is 16.4. The lowest BCUT2D eigenvalue weighted by atomic mass is 9.89. The number of aryl methyl sites for hydroxylation is 1. The second-order valence-corrected chi connectivity index (χ2v) is 5.26. The maximum Gasteiger partial charge on any atom is 0.230 e. The smallest absolute Gasteiger partial charge is 0.230 e. The van der Waals surface area contributed by atoms with Crippen LogP contribution in [0.1, 0.15) is 39.0 Å². The molecule has 0 radical (unpaired) electrons. The lowest BCUT2D eigenvalue weighted by Crippen LogP contribution is -2.29. The Labute approximate surface area is 96.3 Å². The van der Waals surface area contributed by atoms with Crippen molar-refractivity contribution in [3.05, 3.63) is 11.8 Å². The molecule has 1 aromatic heterocycles. The van der Waals surface area contributed by atoms with Gasteiger partial charge in [0.25, 0.3) is 0 Å². The van der Waals surface area contributed by atoms with Crippen LogP contribution in [-0.2, 0) is 6.54 Å². The van der Waals surface area contributed by atoms with E-state index in [9.17, 15) is 5.11 Å². The summed E-state index contributed by atoms with van der Waals surface area (Å²) in [4.78, 5) is 0. The molecular formula is C11H21N3O2. The van der Waals surface area contributed by atoms with Crippen molar-refractivity contribution in [2.24, 2.45) is 5.41 Å². The van der Waals surface area contributed by atoms with Crippen LogP contribution < -0.4 is 5.32 Å². The molecule has 0 spiro atoms. The Kier molecular flexibility index (Phi) is 4.44. The predicted octanol–water partition coefficient (Wildman–Crippen LogP) is 1.26. The molecule has 5 heteroatoms.